The van der Waals surface area contributed by atoms with Gasteiger partial charge in [-0.1, -0.05) is 6.07 Å². The van der Waals surface area contributed by atoms with Crippen molar-refractivity contribution >= 4 is 27.7 Å². The second-order valence-electron chi connectivity index (χ2n) is 2.80. The minimum Gasteiger partial charge on any atom is -0.205 e. The first-order valence-corrected chi connectivity index (χ1v) is 5.66. The maximum Gasteiger partial charge on any atom is 0.151 e. The highest BCUT2D eigenvalue weighted by molar-refractivity contribution is 9.10. The molecule has 0 spiro atoms. The highest BCUT2D eigenvalue weighted by Gasteiger charge is 2.15. The number of benzene rings is 1. The first kappa shape index (κ1) is 8.57. The lowest BCUT2D eigenvalue weighted by Gasteiger charge is -2.15. The molecule has 0 saturated heterocycles. The predicted molar refractivity (Wildman–Crippen MR) is 53.1 cm³/mol. The first-order valence-electron chi connectivity index (χ1n) is 3.89. The van der Waals surface area contributed by atoms with Crippen LogP contribution in [0.3, 0.4) is 0 Å². The van der Waals surface area contributed by atoms with Crippen molar-refractivity contribution in [1.29, 1.82) is 0 Å². The van der Waals surface area contributed by atoms with Crippen LogP contribution in [0.2, 0.25) is 0 Å². The average molecular weight is 247 g/mol. The number of thioether (sulfide) groups is 1. The maximum absolute atomic E-state index is 13.4. The fraction of sp³-hybridized carbons (Fsp3) is 0.333. The van der Waals surface area contributed by atoms with Crippen LogP contribution in [0, 0.1) is 5.82 Å². The molecule has 0 N–H and O–H groups in total. The van der Waals surface area contributed by atoms with Crippen molar-refractivity contribution < 1.29 is 4.39 Å². The molecular formula is C9H8BrFS. The highest BCUT2D eigenvalue weighted by atomic mass is 79.9. The molecule has 1 heterocycles. The van der Waals surface area contributed by atoms with Crippen molar-refractivity contribution in [2.75, 3.05) is 5.75 Å². The Morgan fingerprint density at radius 2 is 2.25 bits per heavy atom. The molecule has 12 heavy (non-hydrogen) atoms. The zero-order valence-electron chi connectivity index (χ0n) is 6.44. The number of hydrogen-bond donors (Lipinski definition) is 0. The highest BCUT2D eigenvalue weighted by Crippen LogP contribution is 2.35. The van der Waals surface area contributed by atoms with Crippen LogP contribution in [0.5, 0.6) is 0 Å². The summed E-state index contributed by atoms with van der Waals surface area (Å²) >= 11 is 4.81. The van der Waals surface area contributed by atoms with Crippen LogP contribution in [-0.4, -0.2) is 5.75 Å². The fourth-order valence-corrected chi connectivity index (χ4v) is 2.91. The third-order valence-electron chi connectivity index (χ3n) is 1.97. The molecule has 0 nitrogen and oxygen atoms in total. The molecule has 0 radical (unpaired) electrons. The number of fused-ring (bicyclic) bond motifs is 1. The monoisotopic (exact) mass is 246 g/mol. The molecular weight excluding hydrogens is 239 g/mol. The summed E-state index contributed by atoms with van der Waals surface area (Å²) in [6.45, 7) is 0. The van der Waals surface area contributed by atoms with Gasteiger partial charge in [-0.2, -0.15) is 0 Å². The summed E-state index contributed by atoms with van der Waals surface area (Å²) in [5.41, 5.74) is 1.16. The van der Waals surface area contributed by atoms with Gasteiger partial charge in [0.2, 0.25) is 0 Å². The molecule has 0 atom stereocenters. The Morgan fingerprint density at radius 3 is 3.08 bits per heavy atom. The second kappa shape index (κ2) is 3.38. The van der Waals surface area contributed by atoms with Gasteiger partial charge in [0.05, 0.1) is 4.47 Å². The van der Waals surface area contributed by atoms with E-state index >= 15 is 0 Å². The van der Waals surface area contributed by atoms with Crippen LogP contribution in [0.15, 0.2) is 21.5 Å². The summed E-state index contributed by atoms with van der Waals surface area (Å²) in [6.07, 6.45) is 2.19. The zero-order valence-corrected chi connectivity index (χ0v) is 8.84. The Morgan fingerprint density at radius 1 is 1.42 bits per heavy atom. The first-order chi connectivity index (χ1) is 5.79. The van der Waals surface area contributed by atoms with Crippen LogP contribution in [0.4, 0.5) is 4.39 Å². The van der Waals surface area contributed by atoms with E-state index in [2.05, 4.69) is 15.9 Å². The number of rotatable bonds is 0. The lowest BCUT2D eigenvalue weighted by Crippen LogP contribution is -2.00. The van der Waals surface area contributed by atoms with E-state index in [1.165, 1.54) is 6.42 Å². The van der Waals surface area contributed by atoms with Crippen LogP contribution >= 0.6 is 27.7 Å². The molecule has 3 heteroatoms. The van der Waals surface area contributed by atoms with Crippen molar-refractivity contribution in [3.05, 3.63) is 28.0 Å². The van der Waals surface area contributed by atoms with Gasteiger partial charge in [0.15, 0.2) is 5.82 Å². The molecule has 2 rings (SSSR count). The molecule has 1 aromatic rings. The van der Waals surface area contributed by atoms with Gasteiger partial charge < -0.3 is 0 Å². The topological polar surface area (TPSA) is 0 Å². The average Bonchev–Trinajstić information content (AvgIpc) is 2.12. The van der Waals surface area contributed by atoms with Crippen LogP contribution < -0.4 is 0 Å². The van der Waals surface area contributed by atoms with Crippen molar-refractivity contribution in [2.24, 2.45) is 0 Å². The lowest BCUT2D eigenvalue weighted by atomic mass is 10.1. The van der Waals surface area contributed by atoms with Crippen LogP contribution in [-0.2, 0) is 6.42 Å². The van der Waals surface area contributed by atoms with Gasteiger partial charge in [0.25, 0.3) is 0 Å². The summed E-state index contributed by atoms with van der Waals surface area (Å²) < 4.78 is 14.0. The smallest absolute Gasteiger partial charge is 0.151 e. The molecule has 0 aromatic heterocycles. The summed E-state index contributed by atoms with van der Waals surface area (Å²) in [5.74, 6) is 0.956. The minimum atomic E-state index is -0.0859. The van der Waals surface area contributed by atoms with Crippen LogP contribution in [0.1, 0.15) is 12.0 Å². The predicted octanol–water partition coefficient (Wildman–Crippen LogP) is 3.63. The number of aryl methyl sites for hydroxylation is 1. The maximum atomic E-state index is 13.4. The van der Waals surface area contributed by atoms with Gasteiger partial charge in [-0.15, -0.1) is 11.8 Å². The normalized spacial score (nSPS) is 15.8. The molecule has 1 aliphatic heterocycles. The lowest BCUT2D eigenvalue weighted by molar-refractivity contribution is 0.587. The van der Waals surface area contributed by atoms with E-state index in [4.69, 9.17) is 0 Å². The molecule has 1 aromatic carbocycles. The zero-order chi connectivity index (χ0) is 8.55. The second-order valence-corrected chi connectivity index (χ2v) is 4.76. The molecule has 64 valence electrons. The Kier molecular flexibility index (Phi) is 2.42. The van der Waals surface area contributed by atoms with Gasteiger partial charge in [-0.3, -0.25) is 0 Å². The van der Waals surface area contributed by atoms with E-state index in [0.717, 1.165) is 22.6 Å². The Labute approximate surface area is 83.7 Å². The van der Waals surface area contributed by atoms with Crippen molar-refractivity contribution in [2.45, 2.75) is 17.7 Å². The largest absolute Gasteiger partial charge is 0.205 e. The number of hydrogen-bond acceptors (Lipinski definition) is 1. The van der Waals surface area contributed by atoms with Crippen molar-refractivity contribution in [3.63, 3.8) is 0 Å². The summed E-state index contributed by atoms with van der Waals surface area (Å²) in [4.78, 5) is 0.843. The molecule has 1 aliphatic rings. The SMILES string of the molecule is Fc1c(Br)ccc2c1SCCC2. The molecule has 0 aliphatic carbocycles. The standard InChI is InChI=1S/C9H8BrFS/c10-7-4-3-6-2-1-5-12-9(6)8(7)11/h3-4H,1-2,5H2. The van der Waals surface area contributed by atoms with Gasteiger partial charge in [-0.05, 0) is 46.2 Å². The van der Waals surface area contributed by atoms with Crippen molar-refractivity contribution in [1.82, 2.24) is 0 Å². The van der Waals surface area contributed by atoms with E-state index < -0.39 is 0 Å². The quantitative estimate of drug-likeness (QED) is 0.674. The van der Waals surface area contributed by atoms with Crippen molar-refractivity contribution in [3.8, 4) is 0 Å². The minimum absolute atomic E-state index is 0.0859. The van der Waals surface area contributed by atoms with E-state index in [9.17, 15) is 4.39 Å². The van der Waals surface area contributed by atoms with Gasteiger partial charge >= 0.3 is 0 Å². The Balaban J connectivity index is 2.54. The third-order valence-corrected chi connectivity index (χ3v) is 3.80. The van der Waals surface area contributed by atoms with E-state index in [-0.39, 0.29) is 5.82 Å². The summed E-state index contributed by atoms with van der Waals surface area (Å²) in [5, 5.41) is 0. The van der Waals surface area contributed by atoms with Crippen LogP contribution in [0.25, 0.3) is 0 Å². The summed E-state index contributed by atoms with van der Waals surface area (Å²) in [7, 11) is 0. The van der Waals surface area contributed by atoms with E-state index in [1.807, 2.05) is 6.07 Å². The molecule has 0 amide bonds. The molecule has 0 unspecified atom stereocenters. The van der Waals surface area contributed by atoms with Gasteiger partial charge in [0.1, 0.15) is 0 Å². The summed E-state index contributed by atoms with van der Waals surface area (Å²) in [6, 6.07) is 3.80. The van der Waals surface area contributed by atoms with E-state index in [0.29, 0.717) is 4.47 Å². The Bertz CT molecular complexity index is 312. The Hall–Kier alpha value is -0.0200. The van der Waals surface area contributed by atoms with E-state index in [1.54, 1.807) is 17.8 Å². The molecule has 0 fully saturated rings. The number of halogens is 2. The fourth-order valence-electron chi connectivity index (χ4n) is 1.36. The van der Waals surface area contributed by atoms with Gasteiger partial charge in [-0.25, -0.2) is 4.39 Å². The molecule has 0 saturated carbocycles. The van der Waals surface area contributed by atoms with Gasteiger partial charge in [0, 0.05) is 4.90 Å². The molecule has 0 bridgehead atoms. The third kappa shape index (κ3) is 1.40.